The van der Waals surface area contributed by atoms with Crippen molar-refractivity contribution in [3.05, 3.63) is 105 Å². The van der Waals surface area contributed by atoms with Crippen LogP contribution in [0.1, 0.15) is 22.4 Å². The topological polar surface area (TPSA) is 51.4 Å². The summed E-state index contributed by atoms with van der Waals surface area (Å²) >= 11 is 19.4. The Bertz CT molecular complexity index is 1430. The third-order valence-electron chi connectivity index (χ3n) is 4.60. The quantitative estimate of drug-likeness (QED) is 0.449. The summed E-state index contributed by atoms with van der Waals surface area (Å²) in [7, 11) is 0. The highest BCUT2D eigenvalue weighted by Gasteiger charge is 2.15. The van der Waals surface area contributed by atoms with Gasteiger partial charge in [0.1, 0.15) is 0 Å². The number of fused-ring (bicyclic) bond motifs is 1. The SMILES string of the molecule is Cc1c(Cc2ccccc2Cl)c(=O)nc2sc(=Cc3ccc(Cl)c(Cl)c3)c(=O)n12. The number of hydrogen-bond donors (Lipinski definition) is 0. The molecule has 2 aromatic carbocycles. The zero-order valence-corrected chi connectivity index (χ0v) is 18.2. The molecule has 0 saturated carbocycles. The molecule has 0 radical (unpaired) electrons. The Morgan fingerprint density at radius 3 is 2.52 bits per heavy atom. The van der Waals surface area contributed by atoms with Crippen molar-refractivity contribution in [2.75, 3.05) is 0 Å². The average molecular weight is 464 g/mol. The Morgan fingerprint density at radius 2 is 1.79 bits per heavy atom. The van der Waals surface area contributed by atoms with Crippen LogP contribution in [-0.2, 0) is 6.42 Å². The molecule has 0 aliphatic heterocycles. The molecular formula is C21H13Cl3N2O2S. The Labute approximate surface area is 184 Å². The number of aromatic nitrogens is 2. The van der Waals surface area contributed by atoms with Crippen molar-refractivity contribution in [1.82, 2.24) is 9.38 Å². The molecule has 0 atom stereocenters. The number of aryl methyl sites for hydroxylation is 1. The molecule has 2 aromatic heterocycles. The summed E-state index contributed by atoms with van der Waals surface area (Å²) in [6.45, 7) is 1.75. The van der Waals surface area contributed by atoms with E-state index in [1.165, 1.54) is 4.40 Å². The molecule has 0 spiro atoms. The lowest BCUT2D eigenvalue weighted by Gasteiger charge is -2.07. The van der Waals surface area contributed by atoms with E-state index in [4.69, 9.17) is 34.8 Å². The smallest absolute Gasteiger partial charge is 0.267 e. The number of nitrogens with zero attached hydrogens (tertiary/aromatic N) is 2. The minimum atomic E-state index is -0.357. The first-order valence-electron chi connectivity index (χ1n) is 8.60. The molecule has 0 N–H and O–H groups in total. The van der Waals surface area contributed by atoms with E-state index in [1.807, 2.05) is 18.2 Å². The summed E-state index contributed by atoms with van der Waals surface area (Å²) in [6.07, 6.45) is 2.02. The Hall–Kier alpha value is -2.18. The van der Waals surface area contributed by atoms with Crippen molar-refractivity contribution >= 4 is 57.2 Å². The zero-order valence-electron chi connectivity index (χ0n) is 15.1. The fourth-order valence-electron chi connectivity index (χ4n) is 3.08. The zero-order chi connectivity index (χ0) is 20.7. The van der Waals surface area contributed by atoms with Gasteiger partial charge in [0.2, 0.25) is 4.96 Å². The average Bonchev–Trinajstić information content (AvgIpc) is 2.98. The van der Waals surface area contributed by atoms with Gasteiger partial charge in [0.25, 0.3) is 11.1 Å². The Balaban J connectivity index is 1.89. The first-order valence-corrected chi connectivity index (χ1v) is 10.6. The third-order valence-corrected chi connectivity index (χ3v) is 6.68. The van der Waals surface area contributed by atoms with E-state index in [1.54, 1.807) is 37.3 Å². The molecule has 0 aliphatic carbocycles. The summed E-state index contributed by atoms with van der Waals surface area (Å²) in [6, 6.07) is 12.4. The monoisotopic (exact) mass is 462 g/mol. The summed E-state index contributed by atoms with van der Waals surface area (Å²) in [4.78, 5) is 30.1. The fourth-order valence-corrected chi connectivity index (χ4v) is 4.60. The molecule has 4 rings (SSSR count). The van der Waals surface area contributed by atoms with Crippen molar-refractivity contribution in [3.63, 3.8) is 0 Å². The van der Waals surface area contributed by atoms with Crippen molar-refractivity contribution < 1.29 is 0 Å². The maximum Gasteiger partial charge on any atom is 0.277 e. The highest BCUT2D eigenvalue weighted by Crippen LogP contribution is 2.23. The van der Waals surface area contributed by atoms with Gasteiger partial charge in [-0.25, -0.2) is 0 Å². The van der Waals surface area contributed by atoms with Crippen LogP contribution in [0, 0.1) is 6.92 Å². The second-order valence-corrected chi connectivity index (χ2v) is 8.69. The highest BCUT2D eigenvalue weighted by atomic mass is 35.5. The summed E-state index contributed by atoms with van der Waals surface area (Å²) < 4.78 is 1.93. The van der Waals surface area contributed by atoms with Crippen molar-refractivity contribution in [2.45, 2.75) is 13.3 Å². The van der Waals surface area contributed by atoms with Gasteiger partial charge in [-0.05, 0) is 42.3 Å². The number of rotatable bonds is 3. The number of hydrogen-bond acceptors (Lipinski definition) is 4. The molecule has 0 bridgehead atoms. The number of halogens is 3. The van der Waals surface area contributed by atoms with Gasteiger partial charge in [-0.1, -0.05) is 70.4 Å². The maximum absolute atomic E-state index is 13.0. The lowest BCUT2D eigenvalue weighted by Crippen LogP contribution is -2.27. The number of thiazole rings is 1. The highest BCUT2D eigenvalue weighted by molar-refractivity contribution is 7.15. The van der Waals surface area contributed by atoms with Gasteiger partial charge in [0.15, 0.2) is 0 Å². The van der Waals surface area contributed by atoms with Crippen LogP contribution in [0.4, 0.5) is 0 Å². The predicted molar refractivity (Wildman–Crippen MR) is 120 cm³/mol. The van der Waals surface area contributed by atoms with Crippen molar-refractivity contribution in [2.24, 2.45) is 0 Å². The number of benzene rings is 2. The summed E-state index contributed by atoms with van der Waals surface area (Å²) in [5.41, 5.74) is 1.97. The van der Waals surface area contributed by atoms with E-state index in [9.17, 15) is 9.59 Å². The second kappa shape index (κ2) is 7.92. The van der Waals surface area contributed by atoms with Gasteiger partial charge in [-0.3, -0.25) is 14.0 Å². The van der Waals surface area contributed by atoms with Crippen LogP contribution in [-0.4, -0.2) is 9.38 Å². The molecule has 4 nitrogen and oxygen atoms in total. The Kier molecular flexibility index (Phi) is 5.49. The van der Waals surface area contributed by atoms with Crippen LogP contribution in [0.2, 0.25) is 15.1 Å². The maximum atomic E-state index is 13.0. The molecule has 2 heterocycles. The first kappa shape index (κ1) is 20.1. The molecule has 4 aromatic rings. The molecule has 146 valence electrons. The standard InChI is InChI=1S/C21H13Cl3N2O2S/c1-11-14(10-13-4-2-3-5-15(13)22)19(27)25-21-26(11)20(28)18(29-21)9-12-6-7-16(23)17(24)8-12/h2-9H,10H2,1H3. The fraction of sp³-hybridized carbons (Fsp3) is 0.0952. The third kappa shape index (κ3) is 3.83. The van der Waals surface area contributed by atoms with Crippen LogP contribution in [0.15, 0.2) is 52.1 Å². The second-order valence-electron chi connectivity index (χ2n) is 6.46. The van der Waals surface area contributed by atoms with Crippen molar-refractivity contribution in [3.8, 4) is 0 Å². The van der Waals surface area contributed by atoms with Crippen LogP contribution < -0.4 is 15.7 Å². The molecule has 0 aliphatic rings. The molecule has 0 saturated heterocycles. The minimum Gasteiger partial charge on any atom is -0.267 e. The largest absolute Gasteiger partial charge is 0.277 e. The van der Waals surface area contributed by atoms with E-state index in [0.717, 1.165) is 22.5 Å². The predicted octanol–water partition coefficient (Wildman–Crippen LogP) is 4.52. The van der Waals surface area contributed by atoms with Crippen LogP contribution in [0.3, 0.4) is 0 Å². The van der Waals surface area contributed by atoms with E-state index < -0.39 is 0 Å². The molecular weight excluding hydrogens is 451 g/mol. The first-order chi connectivity index (χ1) is 13.8. The van der Waals surface area contributed by atoms with E-state index in [2.05, 4.69) is 4.98 Å². The minimum absolute atomic E-state index is 0.235. The lowest BCUT2D eigenvalue weighted by molar-refractivity contribution is 0.940. The Morgan fingerprint density at radius 1 is 1.03 bits per heavy atom. The molecule has 29 heavy (non-hydrogen) atoms. The van der Waals surface area contributed by atoms with Gasteiger partial charge in [0, 0.05) is 22.7 Å². The van der Waals surface area contributed by atoms with E-state index in [-0.39, 0.29) is 11.1 Å². The van der Waals surface area contributed by atoms with Crippen LogP contribution in [0.25, 0.3) is 11.0 Å². The molecule has 0 amide bonds. The van der Waals surface area contributed by atoms with E-state index >= 15 is 0 Å². The van der Waals surface area contributed by atoms with E-state index in [0.29, 0.717) is 42.2 Å². The summed E-state index contributed by atoms with van der Waals surface area (Å²) in [5, 5.41) is 1.41. The van der Waals surface area contributed by atoms with Gasteiger partial charge >= 0.3 is 0 Å². The summed E-state index contributed by atoms with van der Waals surface area (Å²) in [5.74, 6) is 0. The molecule has 0 fully saturated rings. The lowest BCUT2D eigenvalue weighted by atomic mass is 10.1. The van der Waals surface area contributed by atoms with Gasteiger partial charge in [0.05, 0.1) is 14.6 Å². The van der Waals surface area contributed by atoms with Crippen molar-refractivity contribution in [1.29, 1.82) is 0 Å². The molecule has 0 unspecified atom stereocenters. The normalized spacial score (nSPS) is 12.1. The van der Waals surface area contributed by atoms with Gasteiger partial charge in [-0.2, -0.15) is 4.98 Å². The van der Waals surface area contributed by atoms with Gasteiger partial charge < -0.3 is 0 Å². The molecule has 8 heteroatoms. The van der Waals surface area contributed by atoms with Crippen LogP contribution >= 0.6 is 46.1 Å². The van der Waals surface area contributed by atoms with Gasteiger partial charge in [-0.15, -0.1) is 0 Å². The van der Waals surface area contributed by atoms with Crippen LogP contribution in [0.5, 0.6) is 0 Å².